The smallest absolute Gasteiger partial charge is 0.262 e. The van der Waals surface area contributed by atoms with Gasteiger partial charge in [-0.15, -0.1) is 0 Å². The van der Waals surface area contributed by atoms with Crippen molar-refractivity contribution < 1.29 is 38.4 Å². The summed E-state index contributed by atoms with van der Waals surface area (Å²) in [4.78, 5) is 98.0. The van der Waals surface area contributed by atoms with Crippen molar-refractivity contribution in [2.45, 2.75) is 78.3 Å². The zero-order valence-corrected chi connectivity index (χ0v) is 25.2. The highest BCUT2D eigenvalue weighted by Crippen LogP contribution is 2.33. The summed E-state index contributed by atoms with van der Waals surface area (Å²) in [5.74, 6) is -3.68. The average molecular weight is 603 g/mol. The van der Waals surface area contributed by atoms with Crippen LogP contribution in [-0.4, -0.2) is 69.1 Å². The molecule has 0 spiro atoms. The fraction of sp³-hybridized carbons (Fsp3) is 0.375. The van der Waals surface area contributed by atoms with Gasteiger partial charge in [-0.25, -0.2) is 0 Å². The fourth-order valence-corrected chi connectivity index (χ4v) is 5.61. The fourth-order valence-electron chi connectivity index (χ4n) is 5.61. The lowest BCUT2D eigenvalue weighted by Gasteiger charge is -2.27. The van der Waals surface area contributed by atoms with Crippen LogP contribution in [0.4, 0.5) is 0 Å². The third-order valence-electron chi connectivity index (χ3n) is 7.72. The molecule has 12 heteroatoms. The van der Waals surface area contributed by atoms with Crippen LogP contribution in [0.2, 0.25) is 0 Å². The lowest BCUT2D eigenvalue weighted by Crippen LogP contribution is -2.54. The van der Waals surface area contributed by atoms with Crippen LogP contribution in [0.5, 0.6) is 0 Å². The first-order chi connectivity index (χ1) is 20.9. The van der Waals surface area contributed by atoms with Gasteiger partial charge in [0.25, 0.3) is 23.6 Å². The number of carbonyl (C=O) groups excluding carboxylic acids is 8. The highest BCUT2D eigenvalue weighted by atomic mass is 16.2. The number of hydrogen-bond donors (Lipinski definition) is 2. The molecule has 2 atom stereocenters. The van der Waals surface area contributed by atoms with E-state index in [2.05, 4.69) is 10.6 Å². The lowest BCUT2D eigenvalue weighted by molar-refractivity contribution is -0.137. The Hall–Kier alpha value is -5.00. The van der Waals surface area contributed by atoms with E-state index in [1.54, 1.807) is 30.3 Å². The lowest BCUT2D eigenvalue weighted by atomic mass is 9.94. The molecule has 4 heterocycles. The van der Waals surface area contributed by atoms with Gasteiger partial charge < -0.3 is 0 Å². The molecule has 12 nitrogen and oxygen atoms in total. The topological polar surface area (TPSA) is 167 Å². The first-order valence-electron chi connectivity index (χ1n) is 14.6. The van der Waals surface area contributed by atoms with Gasteiger partial charge in [0.15, 0.2) is 0 Å². The Balaban J connectivity index is 0.000000191. The van der Waals surface area contributed by atoms with Gasteiger partial charge in [0.2, 0.25) is 23.6 Å². The molecule has 8 amide bonds. The summed E-state index contributed by atoms with van der Waals surface area (Å²) in [7, 11) is 0. The second-order valence-electron chi connectivity index (χ2n) is 10.9. The minimum absolute atomic E-state index is 0.0911. The third-order valence-corrected chi connectivity index (χ3v) is 7.72. The van der Waals surface area contributed by atoms with Crippen molar-refractivity contribution in [1.82, 2.24) is 20.4 Å². The van der Waals surface area contributed by atoms with E-state index in [9.17, 15) is 38.4 Å². The molecule has 44 heavy (non-hydrogen) atoms. The van der Waals surface area contributed by atoms with Crippen LogP contribution in [0, 0.1) is 6.92 Å². The number of nitrogens with zero attached hydrogens (tertiary/aromatic N) is 2. The largest absolute Gasteiger partial charge is 0.295 e. The predicted octanol–water partition coefficient (Wildman–Crippen LogP) is 2.63. The van der Waals surface area contributed by atoms with Crippen LogP contribution in [0.1, 0.15) is 112 Å². The molecule has 0 radical (unpaired) electrons. The Morgan fingerprint density at radius 2 is 1.16 bits per heavy atom. The highest BCUT2D eigenvalue weighted by molar-refractivity contribution is 6.24. The van der Waals surface area contributed by atoms with Crippen LogP contribution in [0.25, 0.3) is 0 Å². The third kappa shape index (κ3) is 5.67. The van der Waals surface area contributed by atoms with Crippen molar-refractivity contribution in [1.29, 1.82) is 0 Å². The van der Waals surface area contributed by atoms with Gasteiger partial charge in [-0.05, 0) is 49.4 Å². The van der Waals surface area contributed by atoms with Gasteiger partial charge in [0, 0.05) is 12.8 Å². The van der Waals surface area contributed by atoms with E-state index in [4.69, 9.17) is 0 Å². The number of carbonyl (C=O) groups is 8. The molecule has 2 unspecified atom stereocenters. The second kappa shape index (κ2) is 12.7. The number of benzene rings is 2. The number of aryl methyl sites for hydroxylation is 1. The second-order valence-corrected chi connectivity index (χ2v) is 10.9. The SMILES string of the molecule is CC.CC(C)c1cccc2c1C(=O)N(C1CCC(=O)NC1=O)C2=O.Cc1ccc2c(c1)C(=O)N(C1CCC(=O)NC1=O)C2=O. The molecule has 0 aliphatic carbocycles. The van der Waals surface area contributed by atoms with Gasteiger partial charge in [0.05, 0.1) is 22.3 Å². The zero-order valence-electron chi connectivity index (χ0n) is 25.2. The molecule has 0 saturated carbocycles. The molecule has 4 aliphatic heterocycles. The van der Waals surface area contributed by atoms with Crippen molar-refractivity contribution >= 4 is 47.3 Å². The summed E-state index contributed by atoms with van der Waals surface area (Å²) in [6.45, 7) is 9.72. The number of rotatable bonds is 3. The van der Waals surface area contributed by atoms with Gasteiger partial charge >= 0.3 is 0 Å². The van der Waals surface area contributed by atoms with E-state index in [0.29, 0.717) is 22.3 Å². The van der Waals surface area contributed by atoms with Gasteiger partial charge in [-0.1, -0.05) is 51.5 Å². The maximum Gasteiger partial charge on any atom is 0.262 e. The molecular formula is C32H34N4O8. The van der Waals surface area contributed by atoms with Crippen LogP contribution in [0.3, 0.4) is 0 Å². The molecular weight excluding hydrogens is 568 g/mol. The number of piperidine rings is 2. The zero-order chi connectivity index (χ0) is 32.5. The van der Waals surface area contributed by atoms with Crippen LogP contribution >= 0.6 is 0 Å². The van der Waals surface area contributed by atoms with E-state index in [-0.39, 0.29) is 43.4 Å². The van der Waals surface area contributed by atoms with Crippen molar-refractivity contribution in [2.24, 2.45) is 0 Å². The number of nitrogens with one attached hydrogen (secondary N) is 2. The molecule has 2 N–H and O–H groups in total. The van der Waals surface area contributed by atoms with Gasteiger partial charge in [-0.2, -0.15) is 0 Å². The molecule has 2 fully saturated rings. The highest BCUT2D eigenvalue weighted by Gasteiger charge is 2.46. The maximum atomic E-state index is 12.7. The van der Waals surface area contributed by atoms with E-state index >= 15 is 0 Å². The summed E-state index contributed by atoms with van der Waals surface area (Å²) in [5, 5.41) is 4.35. The van der Waals surface area contributed by atoms with Crippen LogP contribution in [-0.2, 0) is 19.2 Å². The van der Waals surface area contributed by atoms with E-state index < -0.39 is 47.5 Å². The van der Waals surface area contributed by atoms with E-state index in [1.165, 1.54) is 0 Å². The minimum Gasteiger partial charge on any atom is -0.295 e. The predicted molar refractivity (Wildman–Crippen MR) is 156 cm³/mol. The normalized spacial score (nSPS) is 20.9. The number of hydrogen-bond acceptors (Lipinski definition) is 8. The first-order valence-corrected chi connectivity index (χ1v) is 14.6. The Kier molecular flexibility index (Phi) is 9.22. The minimum atomic E-state index is -0.912. The van der Waals surface area contributed by atoms with Crippen LogP contribution < -0.4 is 10.6 Å². The Morgan fingerprint density at radius 1 is 0.659 bits per heavy atom. The molecule has 4 aliphatic rings. The molecule has 2 aromatic rings. The summed E-state index contributed by atoms with van der Waals surface area (Å²) >= 11 is 0. The Bertz CT molecular complexity index is 1610. The van der Waals surface area contributed by atoms with E-state index in [1.807, 2.05) is 40.7 Å². The summed E-state index contributed by atoms with van der Waals surface area (Å²) in [5.41, 5.74) is 3.01. The summed E-state index contributed by atoms with van der Waals surface area (Å²) in [6.07, 6.45) is 0.603. The van der Waals surface area contributed by atoms with Crippen molar-refractivity contribution in [3.8, 4) is 0 Å². The Morgan fingerprint density at radius 3 is 1.68 bits per heavy atom. The average Bonchev–Trinajstić information content (AvgIpc) is 3.38. The van der Waals surface area contributed by atoms with Crippen molar-refractivity contribution in [2.75, 3.05) is 0 Å². The van der Waals surface area contributed by atoms with Crippen molar-refractivity contribution in [3.63, 3.8) is 0 Å². The van der Waals surface area contributed by atoms with Gasteiger partial charge in [0.1, 0.15) is 12.1 Å². The monoisotopic (exact) mass is 602 g/mol. The molecule has 230 valence electrons. The number of fused-ring (bicyclic) bond motifs is 2. The molecule has 0 aromatic heterocycles. The number of imide groups is 4. The quantitative estimate of drug-likeness (QED) is 0.506. The molecule has 6 rings (SSSR count). The number of amides is 8. The van der Waals surface area contributed by atoms with Crippen molar-refractivity contribution in [3.05, 3.63) is 69.8 Å². The standard InChI is InChI=1S/C16H16N2O4.C14H12N2O4.C2H6/c1-8(2)9-4-3-5-10-13(9)16(22)18(15(10)21)11-6-7-12(19)17-14(11)20;1-7-2-3-8-9(6-7)14(20)16(13(8)19)10-4-5-11(17)15-12(10)18;1-2/h3-5,8,11H,6-7H2,1-2H3,(H,17,19,20);2-3,6,10H,4-5H2,1H3,(H,15,17,18);1-2H3. The summed E-state index contributed by atoms with van der Waals surface area (Å²) in [6, 6.07) is 8.34. The van der Waals surface area contributed by atoms with Gasteiger partial charge in [-0.3, -0.25) is 58.8 Å². The first kappa shape index (κ1) is 31.9. The maximum absolute atomic E-state index is 12.7. The molecule has 0 bridgehead atoms. The molecule has 2 saturated heterocycles. The molecule has 2 aromatic carbocycles. The summed E-state index contributed by atoms with van der Waals surface area (Å²) < 4.78 is 0. The Labute approximate surface area is 254 Å². The van der Waals surface area contributed by atoms with Crippen LogP contribution in [0.15, 0.2) is 36.4 Å². The van der Waals surface area contributed by atoms with E-state index in [0.717, 1.165) is 20.9 Å².